The summed E-state index contributed by atoms with van der Waals surface area (Å²) < 4.78 is 5.42. The number of ketones is 1. The van der Waals surface area contributed by atoms with Crippen LogP contribution < -0.4 is 0 Å². The fraction of sp³-hybridized carbons (Fsp3) is 0.118. The van der Waals surface area contributed by atoms with E-state index < -0.39 is 6.10 Å². The van der Waals surface area contributed by atoms with E-state index >= 15 is 0 Å². The van der Waals surface area contributed by atoms with Crippen LogP contribution in [0.5, 0.6) is 0 Å². The van der Waals surface area contributed by atoms with Crippen LogP contribution >= 0.6 is 0 Å². The van der Waals surface area contributed by atoms with Gasteiger partial charge in [-0.25, -0.2) is 0 Å². The molecule has 0 amide bonds. The van der Waals surface area contributed by atoms with Gasteiger partial charge < -0.3 is 4.74 Å². The average molecular weight is 252 g/mol. The summed E-state index contributed by atoms with van der Waals surface area (Å²) in [6.45, 7) is 3.90. The molecule has 2 aromatic carbocycles. The van der Waals surface area contributed by atoms with Crippen molar-refractivity contribution in [3.8, 4) is 0 Å². The lowest BCUT2D eigenvalue weighted by Gasteiger charge is -2.17. The first-order valence-electron chi connectivity index (χ1n) is 6.10. The second kappa shape index (κ2) is 6.12. The van der Waals surface area contributed by atoms with Gasteiger partial charge in [-0.3, -0.25) is 4.79 Å². The van der Waals surface area contributed by atoms with Crippen molar-refractivity contribution >= 4 is 5.78 Å². The summed E-state index contributed by atoms with van der Waals surface area (Å²) in [5.74, 6) is -0.0868. The number of ether oxygens (including phenoxy) is 1. The standard InChI is InChI=1S/C17H16O2/c1-13(16(18)14-9-5-3-6-10-14)17(19-2)15-11-7-4-8-12-15/h3-12,17H,1H2,2H3. The van der Waals surface area contributed by atoms with Gasteiger partial charge in [0.2, 0.25) is 0 Å². The van der Waals surface area contributed by atoms with E-state index in [1.807, 2.05) is 48.5 Å². The fourth-order valence-corrected chi connectivity index (χ4v) is 2.00. The van der Waals surface area contributed by atoms with Crippen molar-refractivity contribution in [3.63, 3.8) is 0 Å². The van der Waals surface area contributed by atoms with Gasteiger partial charge in [-0.1, -0.05) is 67.2 Å². The first-order valence-corrected chi connectivity index (χ1v) is 6.10. The van der Waals surface area contributed by atoms with Crippen molar-refractivity contribution < 1.29 is 9.53 Å². The number of carbonyl (C=O) groups is 1. The summed E-state index contributed by atoms with van der Waals surface area (Å²) >= 11 is 0. The second-order valence-corrected chi connectivity index (χ2v) is 4.25. The lowest BCUT2D eigenvalue weighted by atomic mass is 9.95. The van der Waals surface area contributed by atoms with Crippen LogP contribution in [0, 0.1) is 0 Å². The Hall–Kier alpha value is -2.19. The molecule has 0 fully saturated rings. The van der Waals surface area contributed by atoms with Crippen LogP contribution in [0.15, 0.2) is 72.8 Å². The molecule has 0 spiro atoms. The molecule has 1 atom stereocenters. The maximum absolute atomic E-state index is 12.3. The van der Waals surface area contributed by atoms with E-state index in [1.54, 1.807) is 19.2 Å². The molecule has 2 heteroatoms. The molecule has 0 aliphatic heterocycles. The number of hydrogen-bond donors (Lipinski definition) is 0. The van der Waals surface area contributed by atoms with Crippen LogP contribution in [0.3, 0.4) is 0 Å². The molecule has 0 N–H and O–H groups in total. The quantitative estimate of drug-likeness (QED) is 0.597. The van der Waals surface area contributed by atoms with Crippen molar-refractivity contribution in [3.05, 3.63) is 83.9 Å². The molecule has 2 nitrogen and oxygen atoms in total. The normalized spacial score (nSPS) is 11.8. The lowest BCUT2D eigenvalue weighted by molar-refractivity contribution is 0.0926. The highest BCUT2D eigenvalue weighted by Crippen LogP contribution is 2.26. The van der Waals surface area contributed by atoms with E-state index in [9.17, 15) is 4.79 Å². The molecule has 0 aliphatic carbocycles. The Morgan fingerprint density at radius 3 is 2.05 bits per heavy atom. The van der Waals surface area contributed by atoms with Crippen molar-refractivity contribution in [2.75, 3.05) is 7.11 Å². The van der Waals surface area contributed by atoms with Crippen molar-refractivity contribution in [2.45, 2.75) is 6.10 Å². The smallest absolute Gasteiger partial charge is 0.191 e. The number of rotatable bonds is 5. The van der Waals surface area contributed by atoms with Gasteiger partial charge in [-0.15, -0.1) is 0 Å². The van der Waals surface area contributed by atoms with Gasteiger partial charge >= 0.3 is 0 Å². The molecule has 0 aliphatic rings. The summed E-state index contributed by atoms with van der Waals surface area (Å²) in [4.78, 5) is 12.3. The zero-order valence-corrected chi connectivity index (χ0v) is 10.9. The fourth-order valence-electron chi connectivity index (χ4n) is 2.00. The van der Waals surface area contributed by atoms with E-state index in [1.165, 1.54) is 0 Å². The number of hydrogen-bond acceptors (Lipinski definition) is 2. The Kier molecular flexibility index (Phi) is 4.26. The highest BCUT2D eigenvalue weighted by atomic mass is 16.5. The van der Waals surface area contributed by atoms with Crippen molar-refractivity contribution in [1.82, 2.24) is 0 Å². The minimum absolute atomic E-state index is 0.0868. The molecular formula is C17H16O2. The largest absolute Gasteiger partial charge is 0.372 e. The van der Waals surface area contributed by atoms with Gasteiger partial charge in [0.1, 0.15) is 6.10 Å². The Morgan fingerprint density at radius 1 is 1.00 bits per heavy atom. The maximum atomic E-state index is 12.3. The number of methoxy groups -OCH3 is 1. The van der Waals surface area contributed by atoms with Crippen LogP contribution in [0.1, 0.15) is 22.0 Å². The van der Waals surface area contributed by atoms with Gasteiger partial charge in [0, 0.05) is 18.2 Å². The molecule has 0 radical (unpaired) electrons. The summed E-state index contributed by atoms with van der Waals surface area (Å²) in [5, 5.41) is 0. The molecule has 19 heavy (non-hydrogen) atoms. The summed E-state index contributed by atoms with van der Waals surface area (Å²) in [6.07, 6.45) is -0.408. The molecule has 0 aromatic heterocycles. The van der Waals surface area contributed by atoms with E-state index in [4.69, 9.17) is 4.74 Å². The van der Waals surface area contributed by atoms with Gasteiger partial charge in [0.15, 0.2) is 5.78 Å². The number of carbonyl (C=O) groups excluding carboxylic acids is 1. The minimum atomic E-state index is -0.408. The Bertz CT molecular complexity index is 558. The highest BCUT2D eigenvalue weighted by Gasteiger charge is 2.21. The van der Waals surface area contributed by atoms with E-state index in [2.05, 4.69) is 6.58 Å². The van der Waals surface area contributed by atoms with Gasteiger partial charge in [0.25, 0.3) is 0 Å². The molecule has 0 bridgehead atoms. The molecule has 0 heterocycles. The van der Waals surface area contributed by atoms with Crippen molar-refractivity contribution in [2.24, 2.45) is 0 Å². The average Bonchev–Trinajstić information content (AvgIpc) is 2.49. The van der Waals surface area contributed by atoms with E-state index in [0.29, 0.717) is 11.1 Å². The molecule has 0 saturated heterocycles. The lowest BCUT2D eigenvalue weighted by Crippen LogP contribution is -2.13. The van der Waals surface area contributed by atoms with Gasteiger partial charge in [-0.05, 0) is 5.56 Å². The molecule has 0 saturated carbocycles. The first kappa shape index (κ1) is 13.2. The Balaban J connectivity index is 2.25. The molecule has 1 unspecified atom stereocenters. The Morgan fingerprint density at radius 2 is 1.53 bits per heavy atom. The van der Waals surface area contributed by atoms with Crippen LogP contribution in [0.25, 0.3) is 0 Å². The highest BCUT2D eigenvalue weighted by molar-refractivity contribution is 6.09. The first-order chi connectivity index (χ1) is 9.24. The van der Waals surface area contributed by atoms with Gasteiger partial charge in [-0.2, -0.15) is 0 Å². The topological polar surface area (TPSA) is 26.3 Å². The van der Waals surface area contributed by atoms with E-state index in [-0.39, 0.29) is 5.78 Å². The Labute approximate surface area is 113 Å². The predicted octanol–water partition coefficient (Wildman–Crippen LogP) is 3.81. The number of Topliss-reactive ketones (excluding diaryl/α,β-unsaturated/α-hetero) is 1. The van der Waals surface area contributed by atoms with Crippen LogP contribution in [-0.4, -0.2) is 12.9 Å². The summed E-state index contributed by atoms with van der Waals surface area (Å²) in [7, 11) is 1.58. The molecule has 96 valence electrons. The molecule has 2 aromatic rings. The zero-order valence-electron chi connectivity index (χ0n) is 10.9. The van der Waals surface area contributed by atoms with Gasteiger partial charge in [0.05, 0.1) is 0 Å². The monoisotopic (exact) mass is 252 g/mol. The third-order valence-corrected chi connectivity index (χ3v) is 2.98. The van der Waals surface area contributed by atoms with Crippen LogP contribution in [-0.2, 0) is 4.74 Å². The third kappa shape index (κ3) is 2.98. The van der Waals surface area contributed by atoms with Crippen molar-refractivity contribution in [1.29, 1.82) is 0 Å². The molecular weight excluding hydrogens is 236 g/mol. The predicted molar refractivity (Wildman–Crippen MR) is 76.1 cm³/mol. The minimum Gasteiger partial charge on any atom is -0.372 e. The van der Waals surface area contributed by atoms with E-state index in [0.717, 1.165) is 5.56 Å². The van der Waals surface area contributed by atoms with Crippen LogP contribution in [0.4, 0.5) is 0 Å². The number of benzene rings is 2. The maximum Gasteiger partial charge on any atom is 0.191 e. The summed E-state index contributed by atoms with van der Waals surface area (Å²) in [5.41, 5.74) is 2.00. The molecule has 2 rings (SSSR count). The van der Waals surface area contributed by atoms with Crippen LogP contribution in [0.2, 0.25) is 0 Å². The second-order valence-electron chi connectivity index (χ2n) is 4.25. The summed E-state index contributed by atoms with van der Waals surface area (Å²) in [6, 6.07) is 18.7. The SMILES string of the molecule is C=C(C(=O)c1ccccc1)C(OC)c1ccccc1. The zero-order chi connectivity index (χ0) is 13.7. The third-order valence-electron chi connectivity index (χ3n) is 2.98.